The SMILES string of the molecule is CCCCCCCCCCCCCC(=O)OC[C@@H](O)COP(=O)(O)OCCCC(=O)[N+](C)(CCN=[N+]=[N-])CCN=[N+]=[N-]. The van der Waals surface area contributed by atoms with E-state index in [4.69, 9.17) is 24.8 Å². The summed E-state index contributed by atoms with van der Waals surface area (Å²) in [7, 11) is -2.89. The van der Waals surface area contributed by atoms with E-state index in [9.17, 15) is 24.2 Å². The predicted octanol–water partition coefficient (Wildman–Crippen LogP) is 6.10. The molecule has 0 bridgehead atoms. The Morgan fingerprint density at radius 1 is 0.833 bits per heavy atom. The Morgan fingerprint density at radius 3 is 1.88 bits per heavy atom. The van der Waals surface area contributed by atoms with Crippen molar-refractivity contribution in [2.24, 2.45) is 10.2 Å². The van der Waals surface area contributed by atoms with Gasteiger partial charge in [0.25, 0.3) is 0 Å². The van der Waals surface area contributed by atoms with Crippen molar-refractivity contribution in [3.05, 3.63) is 20.9 Å². The summed E-state index contributed by atoms with van der Waals surface area (Å²) >= 11 is 0. The zero-order valence-corrected chi connectivity index (χ0v) is 26.2. The van der Waals surface area contributed by atoms with Crippen LogP contribution in [0.15, 0.2) is 10.2 Å². The van der Waals surface area contributed by atoms with Crippen molar-refractivity contribution in [3.63, 3.8) is 0 Å². The maximum Gasteiger partial charge on any atom is 0.472 e. The minimum absolute atomic E-state index is 0.0132. The quantitative estimate of drug-likeness (QED) is 0.0197. The van der Waals surface area contributed by atoms with E-state index in [2.05, 4.69) is 27.0 Å². The van der Waals surface area contributed by atoms with E-state index in [1.807, 2.05) is 0 Å². The van der Waals surface area contributed by atoms with Gasteiger partial charge in [0.1, 0.15) is 12.7 Å². The van der Waals surface area contributed by atoms with Gasteiger partial charge in [-0.3, -0.25) is 18.3 Å². The molecule has 0 rings (SSSR count). The number of phosphoric acid groups is 1. The fourth-order valence-corrected chi connectivity index (χ4v) is 4.91. The van der Waals surface area contributed by atoms with Gasteiger partial charge in [0.15, 0.2) is 0 Å². The molecule has 242 valence electrons. The van der Waals surface area contributed by atoms with Gasteiger partial charge in [-0.1, -0.05) is 81.4 Å². The fraction of sp³-hybridized carbons (Fsp3) is 0.923. The molecule has 2 N–H and O–H groups in total. The van der Waals surface area contributed by atoms with Gasteiger partial charge in [0, 0.05) is 16.2 Å². The molecule has 42 heavy (non-hydrogen) atoms. The van der Waals surface area contributed by atoms with Crippen LogP contribution in [0, 0.1) is 0 Å². The van der Waals surface area contributed by atoms with Crippen LogP contribution in [0.1, 0.15) is 96.8 Å². The number of nitrogens with zero attached hydrogens (tertiary/aromatic N) is 7. The Morgan fingerprint density at radius 2 is 1.36 bits per heavy atom. The number of azide groups is 2. The molecule has 0 aliphatic rings. The molecule has 1 amide bonds. The number of aliphatic hydroxyl groups is 1. The first-order valence-corrected chi connectivity index (χ1v) is 16.4. The Labute approximate surface area is 249 Å². The topological polar surface area (TPSA) is 217 Å². The number of esters is 1. The fourth-order valence-electron chi connectivity index (χ4n) is 4.12. The molecule has 1 unspecified atom stereocenters. The van der Waals surface area contributed by atoms with E-state index in [1.165, 1.54) is 44.9 Å². The van der Waals surface area contributed by atoms with Gasteiger partial charge < -0.3 is 14.7 Å². The first kappa shape index (κ1) is 39.8. The van der Waals surface area contributed by atoms with Gasteiger partial charge in [-0.25, -0.2) is 9.36 Å². The molecule has 0 aliphatic carbocycles. The Hall–Kier alpha value is -2.21. The average Bonchev–Trinajstić information content (AvgIpc) is 2.96. The van der Waals surface area contributed by atoms with Crippen molar-refractivity contribution in [3.8, 4) is 0 Å². The summed E-state index contributed by atoms with van der Waals surface area (Å²) in [5, 5.41) is 16.8. The highest BCUT2D eigenvalue weighted by Gasteiger charge is 2.30. The maximum atomic E-state index is 12.7. The van der Waals surface area contributed by atoms with Crippen molar-refractivity contribution in [2.45, 2.75) is 103 Å². The number of hydrogen-bond donors (Lipinski definition) is 2. The van der Waals surface area contributed by atoms with E-state index in [0.29, 0.717) is 6.42 Å². The number of unbranched alkanes of at least 4 members (excludes halogenated alkanes) is 10. The second-order valence-electron chi connectivity index (χ2n) is 10.5. The lowest BCUT2D eigenvalue weighted by molar-refractivity contribution is -0.831. The van der Waals surface area contributed by atoms with E-state index in [1.54, 1.807) is 7.05 Å². The molecule has 15 nitrogen and oxygen atoms in total. The highest BCUT2D eigenvalue weighted by Crippen LogP contribution is 2.43. The van der Waals surface area contributed by atoms with E-state index in [-0.39, 0.29) is 69.0 Å². The molecule has 0 aromatic rings. The summed E-state index contributed by atoms with van der Waals surface area (Å²) in [6, 6.07) is 0. The Balaban J connectivity index is 4.09. The molecule has 0 aromatic carbocycles. The summed E-state index contributed by atoms with van der Waals surface area (Å²) in [6.45, 7) is 1.55. The van der Waals surface area contributed by atoms with Gasteiger partial charge in [-0.2, -0.15) is 0 Å². The lowest BCUT2D eigenvalue weighted by atomic mass is 10.1. The van der Waals surface area contributed by atoms with Gasteiger partial charge in [0.2, 0.25) is 0 Å². The molecule has 0 heterocycles. The number of quaternary nitrogens is 1. The van der Waals surface area contributed by atoms with E-state index in [0.717, 1.165) is 19.3 Å². The number of ether oxygens (including phenoxy) is 1. The molecule has 16 heteroatoms. The van der Waals surface area contributed by atoms with Crippen molar-refractivity contribution in [2.75, 3.05) is 53.0 Å². The van der Waals surface area contributed by atoms with Crippen LogP contribution in [-0.2, 0) is 27.9 Å². The zero-order valence-electron chi connectivity index (χ0n) is 25.3. The molecule has 0 saturated carbocycles. The molecule has 0 saturated heterocycles. The smallest absolute Gasteiger partial charge is 0.463 e. The minimum atomic E-state index is -4.51. The van der Waals surface area contributed by atoms with Crippen LogP contribution in [0.2, 0.25) is 0 Å². The van der Waals surface area contributed by atoms with Crippen LogP contribution >= 0.6 is 7.82 Å². The number of amides is 1. The summed E-state index contributed by atoms with van der Waals surface area (Å²) in [6.07, 6.45) is 11.9. The van der Waals surface area contributed by atoms with Crippen LogP contribution in [0.5, 0.6) is 0 Å². The monoisotopic (exact) mass is 620 g/mol. The highest BCUT2D eigenvalue weighted by molar-refractivity contribution is 7.47. The van der Waals surface area contributed by atoms with Crippen LogP contribution in [0.4, 0.5) is 0 Å². The number of carbonyl (C=O) groups is 2. The van der Waals surface area contributed by atoms with Crippen molar-refractivity contribution in [1.29, 1.82) is 0 Å². The minimum Gasteiger partial charge on any atom is -0.463 e. The molecular weight excluding hydrogens is 569 g/mol. The highest BCUT2D eigenvalue weighted by atomic mass is 31.2. The number of phosphoric ester groups is 1. The molecular formula is C26H51N7O8P+. The van der Waals surface area contributed by atoms with Crippen molar-refractivity contribution >= 4 is 19.7 Å². The van der Waals surface area contributed by atoms with Crippen LogP contribution in [0.3, 0.4) is 0 Å². The Kier molecular flexibility index (Phi) is 24.0. The van der Waals surface area contributed by atoms with Gasteiger partial charge >= 0.3 is 19.7 Å². The molecule has 2 atom stereocenters. The third-order valence-electron chi connectivity index (χ3n) is 6.76. The van der Waals surface area contributed by atoms with Crippen LogP contribution in [0.25, 0.3) is 20.9 Å². The van der Waals surface area contributed by atoms with Gasteiger partial charge in [0.05, 0.1) is 52.9 Å². The molecule has 0 aliphatic heterocycles. The second kappa shape index (κ2) is 25.3. The second-order valence-corrected chi connectivity index (χ2v) is 11.9. The van der Waals surface area contributed by atoms with E-state index < -0.39 is 26.5 Å². The number of likely N-dealkylation sites (N-methyl/N-ethyl adjacent to an activating group) is 1. The molecule has 0 spiro atoms. The third-order valence-corrected chi connectivity index (χ3v) is 7.74. The Bertz CT molecular complexity index is 876. The number of carbonyl (C=O) groups excluding carboxylic acids is 2. The lowest BCUT2D eigenvalue weighted by Gasteiger charge is -2.31. The average molecular weight is 621 g/mol. The summed E-state index contributed by atoms with van der Waals surface area (Å²) in [5.41, 5.74) is 16.9. The largest absolute Gasteiger partial charge is 0.472 e. The summed E-state index contributed by atoms with van der Waals surface area (Å²) < 4.78 is 26.6. The van der Waals surface area contributed by atoms with Crippen molar-refractivity contribution in [1.82, 2.24) is 0 Å². The van der Waals surface area contributed by atoms with Gasteiger partial charge in [-0.05, 0) is 23.9 Å². The normalized spacial score (nSPS) is 14.6. The van der Waals surface area contributed by atoms with Crippen LogP contribution in [-0.4, -0.2) is 85.5 Å². The number of hydrogen-bond acceptors (Lipinski definition) is 9. The summed E-state index contributed by atoms with van der Waals surface area (Å²) in [4.78, 5) is 39.8. The first-order valence-electron chi connectivity index (χ1n) is 15.0. The molecule has 0 aromatic heterocycles. The van der Waals surface area contributed by atoms with Crippen molar-refractivity contribution < 1.29 is 42.4 Å². The maximum absolute atomic E-state index is 12.7. The predicted molar refractivity (Wildman–Crippen MR) is 158 cm³/mol. The number of aliphatic hydroxyl groups excluding tert-OH is 1. The zero-order chi connectivity index (χ0) is 31.5. The molecule has 0 radical (unpaired) electrons. The van der Waals surface area contributed by atoms with Gasteiger partial charge in [-0.15, -0.1) is 0 Å². The van der Waals surface area contributed by atoms with E-state index >= 15 is 0 Å². The third kappa shape index (κ3) is 22.4. The van der Waals surface area contributed by atoms with Crippen LogP contribution < -0.4 is 0 Å². The lowest BCUT2D eigenvalue weighted by Crippen LogP contribution is -2.52. The first-order chi connectivity index (χ1) is 20.1. The standard InChI is InChI=1S/C26H50N7O8P/c1-3-4-5-6-7-8-9-10-11-12-13-16-26(36)39-22-24(34)23-41-42(37,38)40-21-14-15-25(35)33(2,19-17-29-31-27)20-18-30-32-28/h24,34H,3-23H2,1-2H3/p+1/t24-/m1/s1. The number of rotatable bonds is 28. The molecule has 0 fully saturated rings. The summed E-state index contributed by atoms with van der Waals surface area (Å²) in [5.74, 6) is -0.693.